The Bertz CT molecular complexity index is 522. The highest BCUT2D eigenvalue weighted by molar-refractivity contribution is 5.21. The van der Waals surface area contributed by atoms with Crippen LogP contribution in [0.5, 0.6) is 0 Å². The van der Waals surface area contributed by atoms with Gasteiger partial charge in [-0.3, -0.25) is 14.3 Å². The molecule has 0 aromatic carbocycles. The van der Waals surface area contributed by atoms with Gasteiger partial charge in [-0.05, 0) is 6.42 Å². The Hall–Kier alpha value is -1.83. The number of nitriles is 1. The quantitative estimate of drug-likeness (QED) is 0.748. The van der Waals surface area contributed by atoms with Crippen LogP contribution in [0.3, 0.4) is 0 Å². The van der Waals surface area contributed by atoms with Gasteiger partial charge in [-0.15, -0.1) is 0 Å². The number of aromatic amines is 1. The van der Waals surface area contributed by atoms with Crippen LogP contribution >= 0.6 is 0 Å². The van der Waals surface area contributed by atoms with E-state index in [1.54, 1.807) is 6.07 Å². The van der Waals surface area contributed by atoms with Gasteiger partial charge in [0.25, 0.3) is 5.56 Å². The summed E-state index contributed by atoms with van der Waals surface area (Å²) in [6.45, 7) is 2.72. The van der Waals surface area contributed by atoms with Crippen molar-refractivity contribution in [1.82, 2.24) is 9.55 Å². The summed E-state index contributed by atoms with van der Waals surface area (Å²) in [5, 5.41) is 8.72. The van der Waals surface area contributed by atoms with Crippen molar-refractivity contribution in [3.8, 4) is 6.07 Å². The van der Waals surface area contributed by atoms with Gasteiger partial charge >= 0.3 is 5.69 Å². The Morgan fingerprint density at radius 1 is 1.22 bits per heavy atom. The van der Waals surface area contributed by atoms with E-state index >= 15 is 0 Å². The molecule has 0 spiro atoms. The molecule has 0 atom stereocenters. The van der Waals surface area contributed by atoms with Crippen molar-refractivity contribution < 1.29 is 0 Å². The lowest BCUT2D eigenvalue weighted by atomic mass is 10.1. The van der Waals surface area contributed by atoms with E-state index < -0.39 is 11.2 Å². The molecule has 18 heavy (non-hydrogen) atoms. The van der Waals surface area contributed by atoms with E-state index in [2.05, 4.69) is 11.9 Å². The first-order valence-corrected chi connectivity index (χ1v) is 6.43. The van der Waals surface area contributed by atoms with E-state index in [0.29, 0.717) is 6.54 Å². The Labute approximate surface area is 106 Å². The number of aryl methyl sites for hydroxylation is 1. The van der Waals surface area contributed by atoms with Crippen LogP contribution in [0.25, 0.3) is 0 Å². The second-order valence-corrected chi connectivity index (χ2v) is 4.38. The second kappa shape index (κ2) is 7.49. The number of rotatable bonds is 7. The number of nitrogens with zero attached hydrogens (tertiary/aromatic N) is 2. The van der Waals surface area contributed by atoms with Crippen LogP contribution in [0, 0.1) is 11.3 Å². The summed E-state index contributed by atoms with van der Waals surface area (Å²) in [7, 11) is 0. The Kier molecular flexibility index (Phi) is 5.92. The maximum absolute atomic E-state index is 11.5. The van der Waals surface area contributed by atoms with Crippen molar-refractivity contribution in [2.24, 2.45) is 0 Å². The van der Waals surface area contributed by atoms with Crippen LogP contribution in [0.2, 0.25) is 0 Å². The normalized spacial score (nSPS) is 10.2. The molecule has 1 rings (SSSR count). The number of aromatic nitrogens is 2. The molecule has 1 aromatic rings. The first-order valence-electron chi connectivity index (χ1n) is 6.43. The topological polar surface area (TPSA) is 78.7 Å². The van der Waals surface area contributed by atoms with E-state index in [4.69, 9.17) is 5.26 Å². The van der Waals surface area contributed by atoms with Gasteiger partial charge in [0.1, 0.15) is 11.6 Å². The molecule has 0 saturated carbocycles. The highest BCUT2D eigenvalue weighted by atomic mass is 16.2. The number of H-pyrrole nitrogens is 1. The Morgan fingerprint density at radius 2 is 1.89 bits per heavy atom. The predicted octanol–water partition coefficient (Wildman–Crippen LogP) is 1.77. The lowest BCUT2D eigenvalue weighted by Crippen LogP contribution is -2.31. The standard InChI is InChI=1S/C13H19N3O2/c1-2-3-4-5-6-7-8-16-10-11(9-14)12(17)15-13(16)18/h10H,2-8H2,1H3,(H,15,17,18). The summed E-state index contributed by atoms with van der Waals surface area (Å²) >= 11 is 0. The van der Waals surface area contributed by atoms with Crippen LogP contribution in [-0.4, -0.2) is 9.55 Å². The van der Waals surface area contributed by atoms with Gasteiger partial charge in [-0.1, -0.05) is 39.0 Å². The molecule has 0 aliphatic rings. The summed E-state index contributed by atoms with van der Waals surface area (Å²) in [4.78, 5) is 24.8. The van der Waals surface area contributed by atoms with Gasteiger partial charge in [-0.2, -0.15) is 5.26 Å². The van der Waals surface area contributed by atoms with E-state index in [1.165, 1.54) is 30.0 Å². The third kappa shape index (κ3) is 4.21. The molecule has 0 amide bonds. The number of hydrogen-bond acceptors (Lipinski definition) is 3. The maximum Gasteiger partial charge on any atom is 0.328 e. The summed E-state index contributed by atoms with van der Waals surface area (Å²) in [6.07, 6.45) is 8.14. The van der Waals surface area contributed by atoms with Gasteiger partial charge in [0, 0.05) is 12.7 Å². The first-order chi connectivity index (χ1) is 8.69. The minimum Gasteiger partial charge on any atom is -0.299 e. The molecule has 0 saturated heterocycles. The van der Waals surface area contributed by atoms with Crippen molar-refractivity contribution in [3.05, 3.63) is 32.6 Å². The Morgan fingerprint density at radius 3 is 2.56 bits per heavy atom. The van der Waals surface area contributed by atoms with Gasteiger partial charge in [-0.25, -0.2) is 4.79 Å². The van der Waals surface area contributed by atoms with Crippen LogP contribution < -0.4 is 11.2 Å². The minimum atomic E-state index is -0.610. The van der Waals surface area contributed by atoms with Crippen LogP contribution in [0.1, 0.15) is 51.0 Å². The molecule has 0 fully saturated rings. The Balaban J connectivity index is 2.50. The van der Waals surface area contributed by atoms with E-state index in [9.17, 15) is 9.59 Å². The van der Waals surface area contributed by atoms with Crippen molar-refractivity contribution >= 4 is 0 Å². The number of nitrogens with one attached hydrogen (secondary N) is 1. The molecule has 0 radical (unpaired) electrons. The molecule has 1 heterocycles. The minimum absolute atomic E-state index is 0.0133. The third-order valence-corrected chi connectivity index (χ3v) is 2.88. The zero-order chi connectivity index (χ0) is 13.4. The molecular weight excluding hydrogens is 230 g/mol. The van der Waals surface area contributed by atoms with Crippen LogP contribution in [0.4, 0.5) is 0 Å². The monoisotopic (exact) mass is 249 g/mol. The SMILES string of the molecule is CCCCCCCCn1cc(C#N)c(=O)[nH]c1=O. The van der Waals surface area contributed by atoms with Gasteiger partial charge in [0.15, 0.2) is 0 Å². The highest BCUT2D eigenvalue weighted by Gasteiger charge is 2.03. The second-order valence-electron chi connectivity index (χ2n) is 4.38. The summed E-state index contributed by atoms with van der Waals surface area (Å²) in [5.74, 6) is 0. The van der Waals surface area contributed by atoms with Gasteiger partial charge in [0.05, 0.1) is 0 Å². The largest absolute Gasteiger partial charge is 0.328 e. The van der Waals surface area contributed by atoms with E-state index in [-0.39, 0.29) is 5.56 Å². The smallest absolute Gasteiger partial charge is 0.299 e. The molecule has 0 bridgehead atoms. The average Bonchev–Trinajstić information content (AvgIpc) is 2.36. The van der Waals surface area contributed by atoms with Crippen molar-refractivity contribution in [2.75, 3.05) is 0 Å². The fraction of sp³-hybridized carbons (Fsp3) is 0.615. The molecule has 1 aromatic heterocycles. The molecule has 0 aliphatic heterocycles. The molecular formula is C13H19N3O2. The summed E-state index contributed by atoms with van der Waals surface area (Å²) in [5.41, 5.74) is -1.06. The lowest BCUT2D eigenvalue weighted by molar-refractivity contribution is 0.542. The first kappa shape index (κ1) is 14.2. The molecule has 5 heteroatoms. The fourth-order valence-corrected chi connectivity index (χ4v) is 1.82. The molecule has 0 unspecified atom stereocenters. The van der Waals surface area contributed by atoms with E-state index in [0.717, 1.165) is 19.3 Å². The van der Waals surface area contributed by atoms with Crippen molar-refractivity contribution in [3.63, 3.8) is 0 Å². The van der Waals surface area contributed by atoms with Crippen LogP contribution in [-0.2, 0) is 6.54 Å². The molecule has 98 valence electrons. The van der Waals surface area contributed by atoms with Crippen LogP contribution in [0.15, 0.2) is 15.8 Å². The zero-order valence-corrected chi connectivity index (χ0v) is 10.7. The maximum atomic E-state index is 11.5. The van der Waals surface area contributed by atoms with E-state index in [1.807, 2.05) is 0 Å². The lowest BCUT2D eigenvalue weighted by Gasteiger charge is -2.05. The number of unbranched alkanes of at least 4 members (excludes halogenated alkanes) is 5. The summed E-state index contributed by atoms with van der Waals surface area (Å²) < 4.78 is 1.40. The predicted molar refractivity (Wildman–Crippen MR) is 69.4 cm³/mol. The average molecular weight is 249 g/mol. The zero-order valence-electron chi connectivity index (χ0n) is 10.7. The van der Waals surface area contributed by atoms with Gasteiger partial charge < -0.3 is 0 Å². The molecule has 5 nitrogen and oxygen atoms in total. The van der Waals surface area contributed by atoms with Crippen molar-refractivity contribution in [2.45, 2.75) is 52.0 Å². The number of hydrogen-bond donors (Lipinski definition) is 1. The van der Waals surface area contributed by atoms with Crippen molar-refractivity contribution in [1.29, 1.82) is 5.26 Å². The van der Waals surface area contributed by atoms with Gasteiger partial charge in [0.2, 0.25) is 0 Å². The molecule has 0 aliphatic carbocycles. The fourth-order valence-electron chi connectivity index (χ4n) is 1.82. The summed E-state index contributed by atoms with van der Waals surface area (Å²) in [6, 6.07) is 1.78. The third-order valence-electron chi connectivity index (χ3n) is 2.88. The highest BCUT2D eigenvalue weighted by Crippen LogP contribution is 2.05. The molecule has 1 N–H and O–H groups in total.